The van der Waals surface area contributed by atoms with Crippen LogP contribution in [0.4, 0.5) is 4.79 Å². The van der Waals surface area contributed by atoms with Gasteiger partial charge in [0.15, 0.2) is 6.61 Å². The lowest BCUT2D eigenvalue weighted by Gasteiger charge is -2.01. The van der Waals surface area contributed by atoms with Crippen molar-refractivity contribution in [2.24, 2.45) is 4.99 Å². The predicted octanol–water partition coefficient (Wildman–Crippen LogP) is -0.331. The predicted molar refractivity (Wildman–Crippen MR) is 55.1 cm³/mol. The van der Waals surface area contributed by atoms with Crippen LogP contribution in [0.3, 0.4) is 0 Å². The number of aliphatic imine (C=N–C) groups is 1. The quantitative estimate of drug-likeness (QED) is 0.395. The molecule has 0 aliphatic rings. The minimum atomic E-state index is -0.737. The second kappa shape index (κ2) is 8.16. The zero-order valence-corrected chi connectivity index (χ0v) is 8.76. The molecule has 0 atom stereocenters. The van der Waals surface area contributed by atoms with Crippen molar-refractivity contribution in [1.82, 2.24) is 5.32 Å². The van der Waals surface area contributed by atoms with Crippen molar-refractivity contribution in [3.8, 4) is 0 Å². The maximum Gasteiger partial charge on any atom is 0.344 e. The monoisotopic (exact) mass is 228 g/mol. The Balaban J connectivity index is 3.66. The van der Waals surface area contributed by atoms with Crippen molar-refractivity contribution in [1.29, 1.82) is 0 Å². The number of carbonyl (C=O) groups is 3. The van der Waals surface area contributed by atoms with E-state index in [1.807, 2.05) is 0 Å². The van der Waals surface area contributed by atoms with E-state index < -0.39 is 24.6 Å². The van der Waals surface area contributed by atoms with Gasteiger partial charge in [0.1, 0.15) is 6.61 Å². The summed E-state index contributed by atoms with van der Waals surface area (Å²) in [6.07, 6.45) is 2.05. The largest absolute Gasteiger partial charge is 0.457 e. The Morgan fingerprint density at radius 1 is 1.38 bits per heavy atom. The van der Waals surface area contributed by atoms with Gasteiger partial charge < -0.3 is 14.8 Å². The smallest absolute Gasteiger partial charge is 0.344 e. The van der Waals surface area contributed by atoms with Gasteiger partial charge in [0.25, 0.3) is 0 Å². The number of hydrogen-bond acceptors (Lipinski definition) is 5. The average Bonchev–Trinajstić information content (AvgIpc) is 2.31. The highest BCUT2D eigenvalue weighted by molar-refractivity contribution is 5.85. The third kappa shape index (κ3) is 7.25. The van der Waals surface area contributed by atoms with Gasteiger partial charge in [-0.3, -0.25) is 0 Å². The lowest BCUT2D eigenvalue weighted by Crippen LogP contribution is -2.17. The fraction of sp³-hybridized carbons (Fsp3) is 0.333. The van der Waals surface area contributed by atoms with Gasteiger partial charge in [0.05, 0.1) is 0 Å². The van der Waals surface area contributed by atoms with E-state index in [0.717, 1.165) is 12.3 Å². The molecule has 1 N–H and O–H groups in total. The molecule has 0 aliphatic heterocycles. The summed E-state index contributed by atoms with van der Waals surface area (Å²) in [6.45, 7) is 2.48. The lowest BCUT2D eigenvalue weighted by molar-refractivity contribution is -0.154. The van der Waals surface area contributed by atoms with Gasteiger partial charge in [-0.1, -0.05) is 6.58 Å². The molecule has 16 heavy (non-hydrogen) atoms. The standard InChI is InChI=1S/C9H12N2O5/c1-3-7(12)16-6-8(13)15-5-4-11-9(14)10-2/h3-4H,1,5-6H2,2H3,(H,10,14). The SMILES string of the molecule is C=CC(=O)OCC(=O)OCC=NC(=O)NC. The molecule has 0 saturated carbocycles. The Hall–Kier alpha value is -2.18. The third-order valence-corrected chi connectivity index (χ3v) is 1.24. The fourth-order valence-corrected chi connectivity index (χ4v) is 0.546. The zero-order valence-electron chi connectivity index (χ0n) is 8.76. The first kappa shape index (κ1) is 13.8. The third-order valence-electron chi connectivity index (χ3n) is 1.24. The molecule has 0 aliphatic carbocycles. The Kier molecular flexibility index (Phi) is 7.04. The van der Waals surface area contributed by atoms with Gasteiger partial charge >= 0.3 is 18.0 Å². The van der Waals surface area contributed by atoms with Gasteiger partial charge in [0.2, 0.25) is 0 Å². The summed E-state index contributed by atoms with van der Waals surface area (Å²) in [6, 6.07) is -0.547. The van der Waals surface area contributed by atoms with Gasteiger partial charge in [-0.2, -0.15) is 0 Å². The van der Waals surface area contributed by atoms with Gasteiger partial charge in [-0.05, 0) is 0 Å². The number of amides is 2. The van der Waals surface area contributed by atoms with Crippen LogP contribution in [0.2, 0.25) is 0 Å². The topological polar surface area (TPSA) is 94.1 Å². The minimum absolute atomic E-state index is 0.169. The molecule has 7 heteroatoms. The Bertz CT molecular complexity index is 311. The van der Waals surface area contributed by atoms with E-state index in [0.29, 0.717) is 0 Å². The molecule has 0 unspecified atom stereocenters. The number of esters is 2. The van der Waals surface area contributed by atoms with Crippen LogP contribution < -0.4 is 5.32 Å². The molecule has 0 aromatic rings. The summed E-state index contributed by atoms with van der Waals surface area (Å²) >= 11 is 0. The first-order valence-corrected chi connectivity index (χ1v) is 4.29. The first-order valence-electron chi connectivity index (χ1n) is 4.29. The highest BCUT2D eigenvalue weighted by atomic mass is 16.6. The van der Waals surface area contributed by atoms with Crippen molar-refractivity contribution < 1.29 is 23.9 Å². The number of ether oxygens (including phenoxy) is 2. The Labute approximate surface area is 92.1 Å². The van der Waals surface area contributed by atoms with E-state index >= 15 is 0 Å². The van der Waals surface area contributed by atoms with Crippen LogP contribution in [0.25, 0.3) is 0 Å². The van der Waals surface area contributed by atoms with Gasteiger partial charge in [-0.15, -0.1) is 0 Å². The summed E-state index contributed by atoms with van der Waals surface area (Å²) < 4.78 is 8.95. The Morgan fingerprint density at radius 2 is 2.06 bits per heavy atom. The van der Waals surface area contributed by atoms with E-state index in [2.05, 4.69) is 26.4 Å². The summed E-state index contributed by atoms with van der Waals surface area (Å²) in [5.41, 5.74) is 0. The highest BCUT2D eigenvalue weighted by Crippen LogP contribution is 1.83. The first-order chi connectivity index (χ1) is 7.60. The summed E-state index contributed by atoms with van der Waals surface area (Å²) in [7, 11) is 1.42. The number of urea groups is 1. The molecule has 0 rings (SSSR count). The van der Waals surface area contributed by atoms with Gasteiger partial charge in [-0.25, -0.2) is 19.4 Å². The van der Waals surface area contributed by atoms with Crippen LogP contribution in [0.5, 0.6) is 0 Å². The maximum absolute atomic E-state index is 10.9. The molecule has 2 amide bonds. The van der Waals surface area contributed by atoms with Crippen molar-refractivity contribution in [2.75, 3.05) is 20.3 Å². The van der Waals surface area contributed by atoms with E-state index in [1.165, 1.54) is 7.05 Å². The van der Waals surface area contributed by atoms with Crippen LogP contribution in [0.1, 0.15) is 0 Å². The average molecular weight is 228 g/mol. The van der Waals surface area contributed by atoms with E-state index in [9.17, 15) is 14.4 Å². The van der Waals surface area contributed by atoms with E-state index in [4.69, 9.17) is 0 Å². The molecular formula is C9H12N2O5. The van der Waals surface area contributed by atoms with Crippen molar-refractivity contribution >= 4 is 24.2 Å². The second-order valence-corrected chi connectivity index (χ2v) is 2.36. The highest BCUT2D eigenvalue weighted by Gasteiger charge is 2.04. The maximum atomic E-state index is 10.9. The number of carbonyl (C=O) groups excluding carboxylic acids is 3. The van der Waals surface area contributed by atoms with Crippen LogP contribution in [0.15, 0.2) is 17.6 Å². The molecule has 0 aromatic carbocycles. The summed E-state index contributed by atoms with van der Waals surface area (Å²) in [5, 5.41) is 2.24. The molecule has 0 fully saturated rings. The molecule has 0 spiro atoms. The van der Waals surface area contributed by atoms with Crippen LogP contribution in [-0.4, -0.2) is 44.4 Å². The molecule has 0 aromatic heterocycles. The van der Waals surface area contributed by atoms with E-state index in [-0.39, 0.29) is 6.61 Å². The lowest BCUT2D eigenvalue weighted by atomic mass is 10.6. The normalized spacial score (nSPS) is 9.56. The van der Waals surface area contributed by atoms with Crippen molar-refractivity contribution in [3.63, 3.8) is 0 Å². The van der Waals surface area contributed by atoms with Crippen LogP contribution in [0, 0.1) is 0 Å². The molecule has 0 heterocycles. The van der Waals surface area contributed by atoms with E-state index in [1.54, 1.807) is 0 Å². The van der Waals surface area contributed by atoms with Crippen molar-refractivity contribution in [2.45, 2.75) is 0 Å². The molecule has 0 saturated heterocycles. The molecular weight excluding hydrogens is 216 g/mol. The molecule has 0 radical (unpaired) electrons. The summed E-state index contributed by atoms with van der Waals surface area (Å²) in [4.78, 5) is 35.4. The van der Waals surface area contributed by atoms with Crippen LogP contribution in [-0.2, 0) is 19.1 Å². The molecule has 7 nitrogen and oxygen atoms in total. The van der Waals surface area contributed by atoms with Crippen LogP contribution >= 0.6 is 0 Å². The van der Waals surface area contributed by atoms with Crippen molar-refractivity contribution in [3.05, 3.63) is 12.7 Å². The number of hydrogen-bond donors (Lipinski definition) is 1. The second-order valence-electron chi connectivity index (χ2n) is 2.36. The fourth-order valence-electron chi connectivity index (χ4n) is 0.546. The zero-order chi connectivity index (χ0) is 12.4. The summed E-state index contributed by atoms with van der Waals surface area (Å²) in [5.74, 6) is -1.45. The number of nitrogens with one attached hydrogen (secondary N) is 1. The minimum Gasteiger partial charge on any atom is -0.457 e. The number of nitrogens with zero attached hydrogens (tertiary/aromatic N) is 1. The van der Waals surface area contributed by atoms with Gasteiger partial charge in [0, 0.05) is 19.3 Å². The molecule has 88 valence electrons. The molecule has 0 bridgehead atoms. The number of rotatable bonds is 5. The Morgan fingerprint density at radius 3 is 2.62 bits per heavy atom.